The quantitative estimate of drug-likeness (QED) is 0.155. The Morgan fingerprint density at radius 2 is 1.43 bits per heavy atom. The molecule has 0 saturated carbocycles. The van der Waals surface area contributed by atoms with E-state index < -0.39 is 18.4 Å². The Morgan fingerprint density at radius 3 is 1.71 bits per heavy atom. The first-order valence-corrected chi connectivity index (χ1v) is 16.2. The van der Waals surface area contributed by atoms with Gasteiger partial charge in [-0.25, -0.2) is 0 Å². The maximum absolute atomic E-state index is 5.17. The van der Waals surface area contributed by atoms with Crippen molar-refractivity contribution in [3.63, 3.8) is 0 Å². The second kappa shape index (κ2) is 12.4. The van der Waals surface area contributed by atoms with Gasteiger partial charge in [0.05, 0.1) is 0 Å². The zero-order valence-electron chi connectivity index (χ0n) is 15.1. The van der Waals surface area contributed by atoms with E-state index >= 15 is 0 Å². The van der Waals surface area contributed by atoms with Gasteiger partial charge in [-0.3, -0.25) is 0 Å². The fraction of sp³-hybridized carbons (Fsp3) is 0.737. The molecule has 0 aliphatic rings. The first-order valence-electron chi connectivity index (χ1n) is 8.72. The van der Waals surface area contributed by atoms with Gasteiger partial charge in [-0.1, -0.05) is 0 Å². The minimum absolute atomic E-state index is 1.24. The molecule has 0 aromatic rings. The molecule has 0 aromatic carbocycles. The molecule has 0 unspecified atom stereocenters. The van der Waals surface area contributed by atoms with Crippen LogP contribution in [-0.2, 0) is 4.74 Å². The fourth-order valence-electron chi connectivity index (χ4n) is 3.14. The van der Waals surface area contributed by atoms with Gasteiger partial charge in [-0.05, 0) is 0 Å². The van der Waals surface area contributed by atoms with Crippen molar-refractivity contribution in [1.82, 2.24) is 0 Å². The van der Waals surface area contributed by atoms with Crippen molar-refractivity contribution in [3.05, 3.63) is 27.7 Å². The summed E-state index contributed by atoms with van der Waals surface area (Å²) in [7, 11) is 1.71. The Bertz CT molecular complexity index is 329. The maximum atomic E-state index is 5.17. The van der Waals surface area contributed by atoms with E-state index in [2.05, 4.69) is 40.0 Å². The Morgan fingerprint density at radius 1 is 1.00 bits per heavy atom. The van der Waals surface area contributed by atoms with Crippen molar-refractivity contribution in [3.8, 4) is 0 Å². The predicted molar refractivity (Wildman–Crippen MR) is 98.3 cm³/mol. The Balaban J connectivity index is 5.63. The zero-order chi connectivity index (χ0) is 16.1. The summed E-state index contributed by atoms with van der Waals surface area (Å²) in [5.41, 5.74) is 4.74. The van der Waals surface area contributed by atoms with Gasteiger partial charge in [0.25, 0.3) is 0 Å². The molecule has 21 heavy (non-hydrogen) atoms. The first kappa shape index (κ1) is 20.9. The molecule has 0 fully saturated rings. The summed E-state index contributed by atoms with van der Waals surface area (Å²) in [5, 5.41) is 0. The molecule has 0 saturated heterocycles. The molecule has 0 radical (unpaired) electrons. The molecule has 2 heteroatoms. The third kappa shape index (κ3) is 7.60. The summed E-state index contributed by atoms with van der Waals surface area (Å²) in [5.74, 6) is 0. The summed E-state index contributed by atoms with van der Waals surface area (Å²) in [6.07, 6.45) is 9.76. The van der Waals surface area contributed by atoms with Crippen LogP contribution in [0.25, 0.3) is 0 Å². The van der Waals surface area contributed by atoms with E-state index in [4.69, 9.17) is 4.74 Å². The first-order chi connectivity index (χ1) is 10.1. The zero-order valence-corrected chi connectivity index (χ0v) is 17.9. The van der Waals surface area contributed by atoms with Crippen molar-refractivity contribution in [2.75, 3.05) is 7.11 Å². The van der Waals surface area contributed by atoms with Crippen LogP contribution in [0.4, 0.5) is 0 Å². The number of unbranched alkanes of at least 4 members (excludes halogenated alkanes) is 3. The van der Waals surface area contributed by atoms with Crippen molar-refractivity contribution in [1.29, 1.82) is 0 Å². The van der Waals surface area contributed by atoms with Crippen molar-refractivity contribution in [2.45, 2.75) is 79.5 Å². The summed E-state index contributed by atoms with van der Waals surface area (Å²) >= 11 is -2.38. The van der Waals surface area contributed by atoms with Crippen LogP contribution in [0, 0.1) is 0 Å². The summed E-state index contributed by atoms with van der Waals surface area (Å²) in [4.78, 5) is 0. The molecule has 1 nitrogen and oxygen atoms in total. The molecule has 0 aromatic heterocycles. The van der Waals surface area contributed by atoms with Crippen LogP contribution in [0.15, 0.2) is 27.7 Å². The van der Waals surface area contributed by atoms with Gasteiger partial charge in [-0.2, -0.15) is 0 Å². The van der Waals surface area contributed by atoms with E-state index in [1.165, 1.54) is 61.0 Å². The molecule has 0 heterocycles. The van der Waals surface area contributed by atoms with Crippen LogP contribution < -0.4 is 0 Å². The Labute approximate surface area is 137 Å². The Kier molecular flexibility index (Phi) is 12.3. The molecular weight excluding hydrogens is 363 g/mol. The van der Waals surface area contributed by atoms with Crippen LogP contribution in [0.2, 0.25) is 13.3 Å². The van der Waals surface area contributed by atoms with Crippen molar-refractivity contribution < 1.29 is 4.74 Å². The summed E-state index contributed by atoms with van der Waals surface area (Å²) < 4.78 is 11.0. The molecule has 0 bridgehead atoms. The van der Waals surface area contributed by atoms with Gasteiger partial charge >= 0.3 is 137 Å². The van der Waals surface area contributed by atoms with Crippen LogP contribution >= 0.6 is 0 Å². The third-order valence-electron chi connectivity index (χ3n) is 4.30. The standard InChI is InChI=1S/C7H9O.3C4H9.Sn/c1-7(2)5-4-6-8-3;3*1-3-4-2;/h6H,1H2,2-3H3;3*1,3-4H2,2H3;. The van der Waals surface area contributed by atoms with E-state index in [-0.39, 0.29) is 0 Å². The van der Waals surface area contributed by atoms with Crippen LogP contribution in [0.1, 0.15) is 66.2 Å². The van der Waals surface area contributed by atoms with Gasteiger partial charge in [0.2, 0.25) is 0 Å². The SMILES string of the molecule is C=C(C)[C](=C=COC)[Sn]([CH2]CCC)([CH2]CCC)[CH2]CCC. The monoisotopic (exact) mass is 400 g/mol. The number of ether oxygens (including phenoxy) is 1. The summed E-state index contributed by atoms with van der Waals surface area (Å²) in [6.45, 7) is 13.4. The number of hydrogen-bond acceptors (Lipinski definition) is 1. The average molecular weight is 399 g/mol. The topological polar surface area (TPSA) is 9.23 Å². The minimum atomic E-state index is -2.38. The number of methoxy groups -OCH3 is 1. The van der Waals surface area contributed by atoms with E-state index in [0.717, 1.165) is 0 Å². The molecule has 0 rings (SSSR count). The van der Waals surface area contributed by atoms with E-state index in [1.807, 2.05) is 0 Å². The number of rotatable bonds is 12. The third-order valence-corrected chi connectivity index (χ3v) is 20.2. The van der Waals surface area contributed by atoms with Gasteiger partial charge in [0.15, 0.2) is 0 Å². The fourth-order valence-corrected chi connectivity index (χ4v) is 19.9. The van der Waals surface area contributed by atoms with Crippen molar-refractivity contribution in [2.24, 2.45) is 0 Å². The van der Waals surface area contributed by atoms with E-state index in [0.29, 0.717) is 0 Å². The van der Waals surface area contributed by atoms with Gasteiger partial charge < -0.3 is 0 Å². The predicted octanol–water partition coefficient (Wildman–Crippen LogP) is 6.64. The Hall–Kier alpha value is -0.141. The number of hydrogen-bond donors (Lipinski definition) is 0. The normalized spacial score (nSPS) is 10.9. The summed E-state index contributed by atoms with van der Waals surface area (Å²) in [6, 6.07) is 0. The second-order valence-corrected chi connectivity index (χ2v) is 19.3. The number of allylic oxidation sites excluding steroid dienone is 2. The second-order valence-electron chi connectivity index (χ2n) is 6.24. The molecular formula is C19H36OSn. The molecule has 0 aliphatic carbocycles. The average Bonchev–Trinajstić information content (AvgIpc) is 2.48. The van der Waals surface area contributed by atoms with Gasteiger partial charge in [0.1, 0.15) is 0 Å². The van der Waals surface area contributed by atoms with Crippen LogP contribution in [0.3, 0.4) is 0 Å². The van der Waals surface area contributed by atoms with Crippen LogP contribution in [-0.4, -0.2) is 25.5 Å². The van der Waals surface area contributed by atoms with Crippen LogP contribution in [0.5, 0.6) is 0 Å². The van der Waals surface area contributed by atoms with Crippen molar-refractivity contribution >= 4 is 18.4 Å². The molecule has 0 N–H and O–H groups in total. The molecule has 122 valence electrons. The molecule has 0 atom stereocenters. The van der Waals surface area contributed by atoms with Gasteiger partial charge in [-0.15, -0.1) is 0 Å². The van der Waals surface area contributed by atoms with E-state index in [1.54, 1.807) is 13.4 Å². The molecule has 0 amide bonds. The van der Waals surface area contributed by atoms with E-state index in [9.17, 15) is 0 Å². The molecule has 0 spiro atoms. The van der Waals surface area contributed by atoms with Gasteiger partial charge in [0, 0.05) is 0 Å². The molecule has 0 aliphatic heterocycles.